The van der Waals surface area contributed by atoms with E-state index in [1.165, 1.54) is 11.3 Å². The molecule has 0 aliphatic carbocycles. The molecular weight excluding hydrogens is 350 g/mol. The zero-order valence-electron chi connectivity index (χ0n) is 17.0. The standard InChI is InChI=1S/C24H27NO3/c1-15-21(23(26)28-24(2,3)4)22(18-9-5-6-10-20(18)27-15)17-11-12-19-16(14-17)8-7-13-25-19/h5-6,9-12,14,22,25H,7-8,13H2,1-4H3/t22-/m1/s1. The summed E-state index contributed by atoms with van der Waals surface area (Å²) in [4.78, 5) is 13.1. The molecule has 2 aromatic carbocycles. The summed E-state index contributed by atoms with van der Waals surface area (Å²) in [5, 5.41) is 3.46. The Labute approximate surface area is 166 Å². The van der Waals surface area contributed by atoms with Gasteiger partial charge in [-0.25, -0.2) is 4.79 Å². The van der Waals surface area contributed by atoms with Crippen molar-refractivity contribution in [3.8, 4) is 5.75 Å². The minimum absolute atomic E-state index is 0.202. The van der Waals surface area contributed by atoms with Crippen LogP contribution in [0, 0.1) is 0 Å². The lowest BCUT2D eigenvalue weighted by Crippen LogP contribution is -2.29. The SMILES string of the molecule is CC1=C(C(=O)OC(C)(C)C)[C@H](c2ccc3c(c2)CCCN3)c2ccccc2O1. The smallest absolute Gasteiger partial charge is 0.338 e. The Balaban J connectivity index is 1.84. The van der Waals surface area contributed by atoms with Gasteiger partial charge >= 0.3 is 5.97 Å². The van der Waals surface area contributed by atoms with Crippen molar-refractivity contribution in [2.75, 3.05) is 11.9 Å². The molecule has 2 heterocycles. The van der Waals surface area contributed by atoms with Gasteiger partial charge in [-0.2, -0.15) is 0 Å². The second-order valence-electron chi connectivity index (χ2n) is 8.49. The van der Waals surface area contributed by atoms with Crippen molar-refractivity contribution in [1.29, 1.82) is 0 Å². The van der Waals surface area contributed by atoms with Gasteiger partial charge in [-0.3, -0.25) is 0 Å². The number of benzene rings is 2. The summed E-state index contributed by atoms with van der Waals surface area (Å²) >= 11 is 0. The average Bonchev–Trinajstić information content (AvgIpc) is 2.65. The van der Waals surface area contributed by atoms with Crippen LogP contribution < -0.4 is 10.1 Å². The molecule has 2 aliphatic rings. The number of anilines is 1. The highest BCUT2D eigenvalue weighted by molar-refractivity contribution is 5.93. The van der Waals surface area contributed by atoms with Crippen molar-refractivity contribution in [3.63, 3.8) is 0 Å². The molecule has 4 heteroatoms. The van der Waals surface area contributed by atoms with Crippen molar-refractivity contribution in [3.05, 3.63) is 70.5 Å². The summed E-state index contributed by atoms with van der Waals surface area (Å²) in [5.41, 5.74) is 4.60. The first-order valence-corrected chi connectivity index (χ1v) is 9.91. The number of carbonyl (C=O) groups excluding carboxylic acids is 1. The highest BCUT2D eigenvalue weighted by Crippen LogP contribution is 2.44. The maximum atomic E-state index is 13.1. The number of nitrogens with one attached hydrogen (secondary N) is 1. The highest BCUT2D eigenvalue weighted by Gasteiger charge is 2.36. The van der Waals surface area contributed by atoms with Crippen LogP contribution in [0.4, 0.5) is 5.69 Å². The molecule has 0 bridgehead atoms. The number of para-hydroxylation sites is 1. The molecule has 0 aromatic heterocycles. The monoisotopic (exact) mass is 377 g/mol. The van der Waals surface area contributed by atoms with Crippen LogP contribution in [0.1, 0.15) is 56.7 Å². The normalized spacial score (nSPS) is 18.5. The Hall–Kier alpha value is -2.75. The Bertz CT molecular complexity index is 953. The van der Waals surface area contributed by atoms with E-state index in [1.54, 1.807) is 0 Å². The van der Waals surface area contributed by atoms with Crippen molar-refractivity contribution >= 4 is 11.7 Å². The summed E-state index contributed by atoms with van der Waals surface area (Å²) in [7, 11) is 0. The summed E-state index contributed by atoms with van der Waals surface area (Å²) in [6.07, 6.45) is 2.17. The molecule has 0 radical (unpaired) electrons. The van der Waals surface area contributed by atoms with E-state index in [9.17, 15) is 4.79 Å². The van der Waals surface area contributed by atoms with Crippen LogP contribution >= 0.6 is 0 Å². The van der Waals surface area contributed by atoms with E-state index in [0.717, 1.165) is 36.3 Å². The van der Waals surface area contributed by atoms with Gasteiger partial charge in [0.15, 0.2) is 0 Å². The molecule has 4 nitrogen and oxygen atoms in total. The van der Waals surface area contributed by atoms with Crippen LogP contribution in [0.15, 0.2) is 53.8 Å². The predicted molar refractivity (Wildman–Crippen MR) is 111 cm³/mol. The van der Waals surface area contributed by atoms with Gasteiger partial charge in [-0.15, -0.1) is 0 Å². The van der Waals surface area contributed by atoms with Crippen LogP contribution in [0.2, 0.25) is 0 Å². The lowest BCUT2D eigenvalue weighted by Gasteiger charge is -2.31. The summed E-state index contributed by atoms with van der Waals surface area (Å²) in [5.74, 6) is 0.884. The molecule has 0 unspecified atom stereocenters. The third kappa shape index (κ3) is 3.51. The van der Waals surface area contributed by atoms with Crippen molar-refractivity contribution in [2.45, 2.75) is 52.1 Å². The average molecular weight is 377 g/mol. The summed E-state index contributed by atoms with van der Waals surface area (Å²) in [6, 6.07) is 14.4. The van der Waals surface area contributed by atoms with E-state index >= 15 is 0 Å². The first kappa shape index (κ1) is 18.6. The van der Waals surface area contributed by atoms with E-state index in [-0.39, 0.29) is 11.9 Å². The van der Waals surface area contributed by atoms with E-state index in [2.05, 4.69) is 23.5 Å². The summed E-state index contributed by atoms with van der Waals surface area (Å²) in [6.45, 7) is 8.52. The third-order valence-corrected chi connectivity index (χ3v) is 5.18. The minimum Gasteiger partial charge on any atom is -0.461 e. The number of hydrogen-bond donors (Lipinski definition) is 1. The lowest BCUT2D eigenvalue weighted by molar-refractivity contribution is -0.150. The lowest BCUT2D eigenvalue weighted by atomic mass is 9.81. The molecular formula is C24H27NO3. The molecule has 1 atom stereocenters. The van der Waals surface area contributed by atoms with E-state index in [1.807, 2.05) is 52.0 Å². The van der Waals surface area contributed by atoms with Crippen molar-refractivity contribution in [2.24, 2.45) is 0 Å². The number of esters is 1. The zero-order chi connectivity index (χ0) is 19.9. The fourth-order valence-corrected chi connectivity index (χ4v) is 4.01. The molecule has 4 rings (SSSR count). The Kier molecular flexibility index (Phi) is 4.66. The number of fused-ring (bicyclic) bond motifs is 2. The van der Waals surface area contributed by atoms with Crippen molar-refractivity contribution < 1.29 is 14.3 Å². The number of rotatable bonds is 2. The number of allylic oxidation sites excluding steroid dienone is 1. The molecule has 146 valence electrons. The molecule has 0 saturated heterocycles. The highest BCUT2D eigenvalue weighted by atomic mass is 16.6. The van der Waals surface area contributed by atoms with Gasteiger partial charge in [0.2, 0.25) is 0 Å². The predicted octanol–water partition coefficient (Wildman–Crippen LogP) is 5.18. The molecule has 0 saturated carbocycles. The largest absolute Gasteiger partial charge is 0.461 e. The molecule has 2 aromatic rings. The first-order chi connectivity index (χ1) is 13.3. The molecule has 1 N–H and O–H groups in total. The quantitative estimate of drug-likeness (QED) is 0.732. The molecule has 0 spiro atoms. The van der Waals surface area contributed by atoms with Gasteiger partial charge in [-0.05, 0) is 63.8 Å². The van der Waals surface area contributed by atoms with Gasteiger partial charge in [0.05, 0.1) is 5.57 Å². The Morgan fingerprint density at radius 3 is 2.75 bits per heavy atom. The second kappa shape index (κ2) is 7.01. The fourth-order valence-electron chi connectivity index (χ4n) is 4.01. The first-order valence-electron chi connectivity index (χ1n) is 9.91. The zero-order valence-corrected chi connectivity index (χ0v) is 17.0. The number of carbonyl (C=O) groups is 1. The Morgan fingerprint density at radius 2 is 1.96 bits per heavy atom. The second-order valence-corrected chi connectivity index (χ2v) is 8.49. The molecule has 28 heavy (non-hydrogen) atoms. The maximum Gasteiger partial charge on any atom is 0.338 e. The number of ether oxygens (including phenoxy) is 2. The fraction of sp³-hybridized carbons (Fsp3) is 0.375. The van der Waals surface area contributed by atoms with Gasteiger partial charge < -0.3 is 14.8 Å². The third-order valence-electron chi connectivity index (χ3n) is 5.18. The molecule has 0 amide bonds. The van der Waals surface area contributed by atoms with Crippen LogP contribution in [0.5, 0.6) is 5.75 Å². The van der Waals surface area contributed by atoms with Gasteiger partial charge in [0.1, 0.15) is 17.1 Å². The van der Waals surface area contributed by atoms with Crippen LogP contribution in [-0.4, -0.2) is 18.1 Å². The van der Waals surface area contributed by atoms with Gasteiger partial charge in [0, 0.05) is 23.7 Å². The van der Waals surface area contributed by atoms with Crippen LogP contribution in [0.25, 0.3) is 0 Å². The van der Waals surface area contributed by atoms with E-state index in [4.69, 9.17) is 9.47 Å². The molecule has 0 fully saturated rings. The maximum absolute atomic E-state index is 13.1. The van der Waals surface area contributed by atoms with E-state index in [0.29, 0.717) is 11.3 Å². The minimum atomic E-state index is -0.564. The van der Waals surface area contributed by atoms with Crippen LogP contribution in [0.3, 0.4) is 0 Å². The van der Waals surface area contributed by atoms with E-state index < -0.39 is 5.60 Å². The summed E-state index contributed by atoms with van der Waals surface area (Å²) < 4.78 is 11.7. The number of hydrogen-bond acceptors (Lipinski definition) is 4. The van der Waals surface area contributed by atoms with Crippen LogP contribution in [-0.2, 0) is 16.0 Å². The Morgan fingerprint density at radius 1 is 1.18 bits per heavy atom. The molecule has 2 aliphatic heterocycles. The topological polar surface area (TPSA) is 47.6 Å². The van der Waals surface area contributed by atoms with Crippen molar-refractivity contribution in [1.82, 2.24) is 0 Å². The van der Waals surface area contributed by atoms with Gasteiger partial charge in [0.25, 0.3) is 0 Å². The van der Waals surface area contributed by atoms with Gasteiger partial charge in [-0.1, -0.05) is 30.3 Å². The number of aryl methyl sites for hydroxylation is 1.